The van der Waals surface area contributed by atoms with Gasteiger partial charge in [0.1, 0.15) is 17.4 Å². The van der Waals surface area contributed by atoms with Crippen LogP contribution in [0.2, 0.25) is 0 Å². The highest BCUT2D eigenvalue weighted by Crippen LogP contribution is 2.32. The Morgan fingerprint density at radius 3 is 2.75 bits per heavy atom. The maximum absolute atomic E-state index is 12.7. The normalized spacial score (nSPS) is 17.8. The van der Waals surface area contributed by atoms with Crippen LogP contribution in [0.5, 0.6) is 0 Å². The predicted octanol–water partition coefficient (Wildman–Crippen LogP) is 2.83. The molecule has 1 amide bonds. The van der Waals surface area contributed by atoms with Gasteiger partial charge in [-0.15, -0.1) is 0 Å². The van der Waals surface area contributed by atoms with Crippen LogP contribution in [0.25, 0.3) is 0 Å². The second-order valence-corrected chi connectivity index (χ2v) is 7.32. The fourth-order valence-electron chi connectivity index (χ4n) is 3.12. The number of nitrogens with zero attached hydrogens (tertiary/aromatic N) is 6. The van der Waals surface area contributed by atoms with Crippen LogP contribution in [-0.2, 0) is 24.1 Å². The van der Waals surface area contributed by atoms with E-state index in [2.05, 4.69) is 30.7 Å². The Bertz CT molecular complexity index is 1240. The smallest absolute Gasteiger partial charge is 0.350 e. The number of pyridine rings is 1. The molecule has 0 spiro atoms. The molecule has 3 aromatic heterocycles. The van der Waals surface area contributed by atoms with E-state index in [0.717, 1.165) is 12.3 Å². The quantitative estimate of drug-likeness (QED) is 0.618. The SMILES string of the molecule is [2H]C([2H])([2H])c1nc(NCc2cnn(Cc3ccc(C(F)(F)F)nc3)c2)nc2c1NC(=O)[C@H](C)N2C. The van der Waals surface area contributed by atoms with Crippen molar-refractivity contribution in [3.8, 4) is 0 Å². The van der Waals surface area contributed by atoms with E-state index in [9.17, 15) is 18.0 Å². The molecule has 1 aliphatic heterocycles. The Balaban J connectivity index is 1.49. The summed E-state index contributed by atoms with van der Waals surface area (Å²) in [7, 11) is 1.64. The van der Waals surface area contributed by atoms with Crippen LogP contribution in [0.15, 0.2) is 30.7 Å². The van der Waals surface area contributed by atoms with Gasteiger partial charge in [0.25, 0.3) is 0 Å². The van der Waals surface area contributed by atoms with E-state index < -0.39 is 24.8 Å². The van der Waals surface area contributed by atoms with Gasteiger partial charge in [-0.25, -0.2) is 4.98 Å². The minimum absolute atomic E-state index is 0.0547. The highest BCUT2D eigenvalue weighted by Gasteiger charge is 2.32. The van der Waals surface area contributed by atoms with Crippen LogP contribution in [0.3, 0.4) is 0 Å². The van der Waals surface area contributed by atoms with Gasteiger partial charge < -0.3 is 15.5 Å². The molecule has 0 aliphatic carbocycles. The molecule has 12 heteroatoms. The minimum Gasteiger partial charge on any atom is -0.350 e. The van der Waals surface area contributed by atoms with Crippen molar-refractivity contribution in [3.05, 3.63) is 53.2 Å². The number of carbonyl (C=O) groups excluding carboxylic acids is 1. The number of aromatic nitrogens is 5. The van der Waals surface area contributed by atoms with Crippen molar-refractivity contribution in [2.45, 2.75) is 39.1 Å². The first-order valence-corrected chi connectivity index (χ1v) is 9.56. The number of aryl methyl sites for hydroxylation is 1. The number of hydrogen-bond acceptors (Lipinski definition) is 7. The fraction of sp³-hybridized carbons (Fsp3) is 0.350. The molecule has 4 rings (SSSR count). The molecule has 0 bridgehead atoms. The number of anilines is 3. The van der Waals surface area contributed by atoms with Crippen molar-refractivity contribution in [2.75, 3.05) is 22.6 Å². The molecule has 1 aliphatic rings. The number of hydrogen-bond donors (Lipinski definition) is 2. The molecule has 1 atom stereocenters. The first kappa shape index (κ1) is 17.9. The summed E-state index contributed by atoms with van der Waals surface area (Å²) in [5, 5.41) is 9.74. The lowest BCUT2D eigenvalue weighted by molar-refractivity contribution is -0.141. The van der Waals surface area contributed by atoms with Gasteiger partial charge in [0.05, 0.1) is 18.4 Å². The van der Waals surface area contributed by atoms with Crippen molar-refractivity contribution in [2.24, 2.45) is 0 Å². The third-order valence-electron chi connectivity index (χ3n) is 5.03. The Morgan fingerprint density at radius 2 is 2.06 bits per heavy atom. The second-order valence-electron chi connectivity index (χ2n) is 7.32. The van der Waals surface area contributed by atoms with Crippen LogP contribution in [-0.4, -0.2) is 43.7 Å². The van der Waals surface area contributed by atoms with Crippen LogP contribution in [0.1, 0.15) is 33.6 Å². The highest BCUT2D eigenvalue weighted by molar-refractivity contribution is 6.03. The number of amides is 1. The van der Waals surface area contributed by atoms with Gasteiger partial charge >= 0.3 is 6.18 Å². The summed E-state index contributed by atoms with van der Waals surface area (Å²) in [5.74, 6) is -0.0125. The predicted molar refractivity (Wildman–Crippen MR) is 111 cm³/mol. The van der Waals surface area contributed by atoms with Gasteiger partial charge in [-0.05, 0) is 25.4 Å². The van der Waals surface area contributed by atoms with Crippen LogP contribution in [0, 0.1) is 6.85 Å². The number of alkyl halides is 3. The Hall–Kier alpha value is -3.70. The number of nitrogens with one attached hydrogen (secondary N) is 2. The number of carbonyl (C=O) groups is 1. The lowest BCUT2D eigenvalue weighted by atomic mass is 10.2. The van der Waals surface area contributed by atoms with Crippen molar-refractivity contribution < 1.29 is 22.1 Å². The van der Waals surface area contributed by atoms with Crippen molar-refractivity contribution in [3.63, 3.8) is 0 Å². The zero-order chi connectivity index (χ0) is 25.5. The molecule has 4 heterocycles. The molecule has 3 aromatic rings. The maximum atomic E-state index is 12.7. The summed E-state index contributed by atoms with van der Waals surface area (Å²) in [6.45, 7) is -0.496. The van der Waals surface area contributed by atoms with Crippen LogP contribution < -0.4 is 15.5 Å². The average Bonchev–Trinajstić information content (AvgIpc) is 3.22. The largest absolute Gasteiger partial charge is 0.433 e. The molecule has 0 saturated heterocycles. The number of rotatable bonds is 5. The molecular weight excluding hydrogens is 425 g/mol. The summed E-state index contributed by atoms with van der Waals surface area (Å²) in [4.78, 5) is 25.7. The molecule has 168 valence electrons. The molecule has 32 heavy (non-hydrogen) atoms. The topological polar surface area (TPSA) is 101 Å². The number of likely N-dealkylation sites (N-methyl/N-ethyl adjacent to an activating group) is 1. The van der Waals surface area contributed by atoms with E-state index in [1.54, 1.807) is 31.3 Å². The first-order chi connectivity index (χ1) is 16.3. The Labute approximate surface area is 185 Å². The lowest BCUT2D eigenvalue weighted by Gasteiger charge is -2.32. The highest BCUT2D eigenvalue weighted by atomic mass is 19.4. The van der Waals surface area contributed by atoms with Crippen molar-refractivity contribution in [1.82, 2.24) is 24.7 Å². The van der Waals surface area contributed by atoms with Gasteiger partial charge in [0, 0.05) is 35.7 Å². The van der Waals surface area contributed by atoms with Gasteiger partial charge in [-0.2, -0.15) is 23.3 Å². The molecular formula is C20H21F3N8O. The van der Waals surface area contributed by atoms with E-state index in [4.69, 9.17) is 4.11 Å². The lowest BCUT2D eigenvalue weighted by Crippen LogP contribution is -2.44. The van der Waals surface area contributed by atoms with Gasteiger partial charge in [-0.3, -0.25) is 14.5 Å². The summed E-state index contributed by atoms with van der Waals surface area (Å²) in [6.07, 6.45) is -0.111. The van der Waals surface area contributed by atoms with Crippen molar-refractivity contribution in [1.29, 1.82) is 0 Å². The third-order valence-corrected chi connectivity index (χ3v) is 5.03. The molecule has 0 fully saturated rings. The van der Waals surface area contributed by atoms with E-state index in [-0.39, 0.29) is 42.1 Å². The van der Waals surface area contributed by atoms with E-state index >= 15 is 0 Å². The maximum Gasteiger partial charge on any atom is 0.433 e. The Kier molecular flexibility index (Phi) is 4.53. The minimum atomic E-state index is -4.50. The summed E-state index contributed by atoms with van der Waals surface area (Å²) >= 11 is 0. The fourth-order valence-corrected chi connectivity index (χ4v) is 3.12. The van der Waals surface area contributed by atoms with E-state index in [0.29, 0.717) is 11.1 Å². The number of fused-ring (bicyclic) bond motifs is 1. The summed E-state index contributed by atoms with van der Waals surface area (Å²) in [5.41, 5.74) is 0.0613. The van der Waals surface area contributed by atoms with E-state index in [1.165, 1.54) is 10.7 Å². The molecule has 0 unspecified atom stereocenters. The van der Waals surface area contributed by atoms with Crippen LogP contribution in [0.4, 0.5) is 30.6 Å². The molecule has 0 aromatic carbocycles. The van der Waals surface area contributed by atoms with E-state index in [1.807, 2.05) is 0 Å². The number of halogens is 3. The van der Waals surface area contributed by atoms with Gasteiger partial charge in [0.15, 0.2) is 5.82 Å². The first-order valence-electron chi connectivity index (χ1n) is 11.1. The Morgan fingerprint density at radius 1 is 1.25 bits per heavy atom. The molecule has 0 radical (unpaired) electrons. The summed E-state index contributed by atoms with van der Waals surface area (Å²) < 4.78 is 63.0. The van der Waals surface area contributed by atoms with Gasteiger partial charge in [-0.1, -0.05) is 6.07 Å². The van der Waals surface area contributed by atoms with Crippen molar-refractivity contribution >= 4 is 23.4 Å². The average molecular weight is 449 g/mol. The third kappa shape index (κ3) is 4.34. The second kappa shape index (κ2) is 8.09. The molecule has 9 nitrogen and oxygen atoms in total. The van der Waals surface area contributed by atoms with Crippen LogP contribution >= 0.6 is 0 Å². The van der Waals surface area contributed by atoms with Gasteiger partial charge in [0.2, 0.25) is 11.9 Å². The molecule has 0 saturated carbocycles. The monoisotopic (exact) mass is 449 g/mol. The zero-order valence-corrected chi connectivity index (χ0v) is 17.1. The molecule has 2 N–H and O–H groups in total. The standard InChI is InChI=1S/C20H21F3N8O/c1-11-16-17(30(3)12(2)18(32)28-16)29-19(27-11)25-7-14-8-26-31(10-14)9-13-4-5-15(24-6-13)20(21,22)23/h4-6,8,10,12H,7,9H2,1-3H3,(H,28,32)(H,25,27,29)/t12-/m0/s1/i1D3. The summed E-state index contributed by atoms with van der Waals surface area (Å²) in [6, 6.07) is 1.70. The zero-order valence-electron chi connectivity index (χ0n) is 20.1.